The maximum absolute atomic E-state index is 12.2. The van der Waals surface area contributed by atoms with Crippen LogP contribution in [0.5, 0.6) is 0 Å². The largest absolute Gasteiger partial charge is 0.324 e. The minimum atomic E-state index is -0.166. The first-order valence-electron chi connectivity index (χ1n) is 8.93. The van der Waals surface area contributed by atoms with Crippen molar-refractivity contribution >= 4 is 39.4 Å². The molecular formula is C21H24N3O2+. The zero-order chi connectivity index (χ0) is 18.8. The molecule has 1 N–H and O–H groups in total. The van der Waals surface area contributed by atoms with Gasteiger partial charge in [-0.15, -0.1) is 0 Å². The van der Waals surface area contributed by atoms with Crippen LogP contribution in [-0.4, -0.2) is 16.7 Å². The summed E-state index contributed by atoms with van der Waals surface area (Å²) in [5.74, 6) is -0.154. The van der Waals surface area contributed by atoms with Gasteiger partial charge < -0.3 is 10.1 Å². The van der Waals surface area contributed by atoms with Crippen LogP contribution in [0.1, 0.15) is 37.8 Å². The third-order valence-corrected chi connectivity index (χ3v) is 4.47. The Morgan fingerprint density at radius 3 is 2.46 bits per heavy atom. The zero-order valence-corrected chi connectivity index (χ0v) is 15.7. The second kappa shape index (κ2) is 7.20. The molecule has 3 rings (SSSR count). The van der Waals surface area contributed by atoms with Crippen LogP contribution in [0, 0.1) is 13.8 Å². The monoisotopic (exact) mass is 350 g/mol. The Hall–Kier alpha value is -2.82. The molecule has 0 aliphatic rings. The van der Waals surface area contributed by atoms with E-state index >= 15 is 0 Å². The van der Waals surface area contributed by atoms with E-state index in [1.54, 1.807) is 0 Å². The maximum Gasteiger partial charge on any atom is 0.234 e. The van der Waals surface area contributed by atoms with Crippen molar-refractivity contribution in [2.75, 3.05) is 5.32 Å². The average molecular weight is 350 g/mol. The quantitative estimate of drug-likeness (QED) is 0.565. The molecule has 0 saturated heterocycles. The molecule has 1 amide bonds. The number of hydrogen-bond acceptors (Lipinski definition) is 3. The SMILES string of the molecule is CC[n+]1c2cc(C)ccc2nc2c(NC(=O)CCC(C)=O)cc(C)cc21. The van der Waals surface area contributed by atoms with E-state index in [-0.39, 0.29) is 24.5 Å². The fraction of sp³-hybridized carbons (Fsp3) is 0.333. The van der Waals surface area contributed by atoms with Crippen LogP contribution in [0.25, 0.3) is 22.1 Å². The average Bonchev–Trinajstić information content (AvgIpc) is 2.58. The zero-order valence-electron chi connectivity index (χ0n) is 15.7. The number of amides is 1. The van der Waals surface area contributed by atoms with Gasteiger partial charge >= 0.3 is 0 Å². The lowest BCUT2D eigenvalue weighted by Crippen LogP contribution is -2.35. The van der Waals surface area contributed by atoms with Gasteiger partial charge in [-0.25, -0.2) is 4.98 Å². The van der Waals surface area contributed by atoms with Crippen LogP contribution >= 0.6 is 0 Å². The van der Waals surface area contributed by atoms with Gasteiger partial charge in [-0.2, -0.15) is 4.57 Å². The van der Waals surface area contributed by atoms with Gasteiger partial charge in [0.25, 0.3) is 0 Å². The Morgan fingerprint density at radius 1 is 1.04 bits per heavy atom. The number of benzene rings is 2. The van der Waals surface area contributed by atoms with Gasteiger partial charge in [0.1, 0.15) is 17.8 Å². The van der Waals surface area contributed by atoms with Crippen LogP contribution in [0.2, 0.25) is 0 Å². The highest BCUT2D eigenvalue weighted by Gasteiger charge is 2.19. The minimum absolute atomic E-state index is 0.0116. The van der Waals surface area contributed by atoms with Crippen LogP contribution in [-0.2, 0) is 16.1 Å². The van der Waals surface area contributed by atoms with Crippen molar-refractivity contribution < 1.29 is 14.2 Å². The summed E-state index contributed by atoms with van der Waals surface area (Å²) in [6, 6.07) is 10.2. The van der Waals surface area contributed by atoms with Crippen molar-refractivity contribution in [3.63, 3.8) is 0 Å². The van der Waals surface area contributed by atoms with Crippen molar-refractivity contribution in [1.29, 1.82) is 0 Å². The molecule has 0 aliphatic carbocycles. The molecule has 2 aromatic carbocycles. The lowest BCUT2D eigenvalue weighted by molar-refractivity contribution is -0.641. The molecule has 0 saturated carbocycles. The van der Waals surface area contributed by atoms with E-state index in [9.17, 15) is 9.59 Å². The van der Waals surface area contributed by atoms with Gasteiger partial charge in [0.05, 0.1) is 5.69 Å². The number of ketones is 1. The number of aryl methyl sites for hydroxylation is 3. The first kappa shape index (κ1) is 18.0. The van der Waals surface area contributed by atoms with E-state index in [2.05, 4.69) is 35.9 Å². The molecule has 3 aromatic rings. The number of fused-ring (bicyclic) bond motifs is 2. The molecule has 1 aromatic heterocycles. The fourth-order valence-electron chi connectivity index (χ4n) is 3.22. The van der Waals surface area contributed by atoms with Crippen molar-refractivity contribution in [3.8, 4) is 0 Å². The van der Waals surface area contributed by atoms with Gasteiger partial charge in [0.2, 0.25) is 16.9 Å². The van der Waals surface area contributed by atoms with Gasteiger partial charge in [-0.3, -0.25) is 4.79 Å². The van der Waals surface area contributed by atoms with Crippen molar-refractivity contribution in [1.82, 2.24) is 4.98 Å². The summed E-state index contributed by atoms with van der Waals surface area (Å²) in [5.41, 5.74) is 6.67. The topological polar surface area (TPSA) is 62.9 Å². The lowest BCUT2D eigenvalue weighted by Gasteiger charge is -2.11. The second-order valence-electron chi connectivity index (χ2n) is 6.78. The molecule has 26 heavy (non-hydrogen) atoms. The molecule has 0 aliphatic heterocycles. The summed E-state index contributed by atoms with van der Waals surface area (Å²) in [6.07, 6.45) is 0.436. The van der Waals surface area contributed by atoms with E-state index in [4.69, 9.17) is 4.98 Å². The molecule has 0 radical (unpaired) electrons. The van der Waals surface area contributed by atoms with Gasteiger partial charge in [-0.1, -0.05) is 6.07 Å². The number of nitrogens with one attached hydrogen (secondary N) is 1. The Bertz CT molecular complexity index is 1020. The molecule has 0 fully saturated rings. The Labute approximate surface area is 153 Å². The maximum atomic E-state index is 12.2. The Kier molecular flexibility index (Phi) is 4.98. The normalized spacial score (nSPS) is 11.1. The summed E-state index contributed by atoms with van der Waals surface area (Å²) in [4.78, 5) is 28.2. The number of aromatic nitrogens is 2. The summed E-state index contributed by atoms with van der Waals surface area (Å²) >= 11 is 0. The molecule has 1 heterocycles. The summed E-state index contributed by atoms with van der Waals surface area (Å²) in [6.45, 7) is 8.48. The molecular weight excluding hydrogens is 326 g/mol. The predicted molar refractivity (Wildman–Crippen MR) is 103 cm³/mol. The fourth-order valence-corrected chi connectivity index (χ4v) is 3.22. The number of Topliss-reactive ketones (excluding diaryl/α,β-unsaturated/α-hetero) is 1. The molecule has 0 spiro atoms. The van der Waals surface area contributed by atoms with Gasteiger partial charge in [0.15, 0.2) is 5.52 Å². The molecule has 0 unspecified atom stereocenters. The van der Waals surface area contributed by atoms with Crippen molar-refractivity contribution in [2.45, 2.75) is 47.1 Å². The lowest BCUT2D eigenvalue weighted by atomic mass is 10.1. The van der Waals surface area contributed by atoms with E-state index in [0.29, 0.717) is 5.69 Å². The Morgan fingerprint density at radius 2 is 1.77 bits per heavy atom. The molecule has 5 nitrogen and oxygen atoms in total. The highest BCUT2D eigenvalue weighted by molar-refractivity contribution is 6.01. The second-order valence-corrected chi connectivity index (χ2v) is 6.78. The smallest absolute Gasteiger partial charge is 0.234 e. The van der Waals surface area contributed by atoms with E-state index in [1.807, 2.05) is 25.1 Å². The summed E-state index contributed by atoms with van der Waals surface area (Å²) in [5, 5.41) is 2.94. The van der Waals surface area contributed by atoms with Crippen molar-refractivity contribution in [2.24, 2.45) is 0 Å². The predicted octanol–water partition coefficient (Wildman–Crippen LogP) is 3.62. The standard InChI is InChI=1S/C21H23N3O2/c1-5-24-18-11-13(2)6-8-16(18)23-21-17(10-14(3)12-19(21)24)22-20(26)9-7-15(4)25/h6,8,10-12H,5,7,9H2,1-4H3/p+1. The number of anilines is 1. The van der Waals surface area contributed by atoms with E-state index in [1.165, 1.54) is 12.5 Å². The van der Waals surface area contributed by atoms with Crippen LogP contribution < -0.4 is 9.88 Å². The third kappa shape index (κ3) is 3.57. The van der Waals surface area contributed by atoms with Crippen LogP contribution in [0.15, 0.2) is 30.3 Å². The third-order valence-electron chi connectivity index (χ3n) is 4.47. The number of carbonyl (C=O) groups is 2. The molecule has 0 bridgehead atoms. The molecule has 134 valence electrons. The van der Waals surface area contributed by atoms with Gasteiger partial charge in [-0.05, 0) is 51.0 Å². The number of rotatable bonds is 5. The highest BCUT2D eigenvalue weighted by Crippen LogP contribution is 2.25. The Balaban J connectivity index is 2.16. The van der Waals surface area contributed by atoms with Gasteiger partial charge in [0, 0.05) is 25.0 Å². The first-order valence-corrected chi connectivity index (χ1v) is 8.93. The minimum Gasteiger partial charge on any atom is -0.324 e. The molecule has 5 heteroatoms. The number of nitrogens with zero attached hydrogens (tertiary/aromatic N) is 2. The van der Waals surface area contributed by atoms with Crippen molar-refractivity contribution in [3.05, 3.63) is 41.5 Å². The summed E-state index contributed by atoms with van der Waals surface area (Å²) < 4.78 is 2.23. The first-order chi connectivity index (χ1) is 12.4. The highest BCUT2D eigenvalue weighted by atomic mass is 16.2. The van der Waals surface area contributed by atoms with Crippen LogP contribution in [0.3, 0.4) is 0 Å². The van der Waals surface area contributed by atoms with Crippen LogP contribution in [0.4, 0.5) is 5.69 Å². The number of hydrogen-bond donors (Lipinski definition) is 1. The molecule has 0 atom stereocenters. The van der Waals surface area contributed by atoms with E-state index in [0.717, 1.165) is 34.2 Å². The summed E-state index contributed by atoms with van der Waals surface area (Å²) in [7, 11) is 0. The van der Waals surface area contributed by atoms with E-state index < -0.39 is 0 Å². The number of carbonyl (C=O) groups excluding carboxylic acids is 2.